The number of carbonyl (C=O) groups is 3. The molecule has 2 amide bonds. The fourth-order valence-electron chi connectivity index (χ4n) is 4.15. The minimum atomic E-state index is -0.825. The summed E-state index contributed by atoms with van der Waals surface area (Å²) in [5.41, 5.74) is 7.23. The maximum absolute atomic E-state index is 13.3. The Kier molecular flexibility index (Phi) is 8.24. The van der Waals surface area contributed by atoms with Gasteiger partial charge in [0.2, 0.25) is 5.91 Å². The number of aromatic hydroxyl groups is 1. The van der Waals surface area contributed by atoms with Crippen LogP contribution >= 0.6 is 0 Å². The number of nitrogen functional groups attached to an aromatic ring is 1. The van der Waals surface area contributed by atoms with Gasteiger partial charge in [0.15, 0.2) is 0 Å². The molecule has 0 bridgehead atoms. The minimum Gasteiger partial charge on any atom is -0.508 e. The Hall–Kier alpha value is -3.88. The average Bonchev–Trinajstić information content (AvgIpc) is 2.82. The van der Waals surface area contributed by atoms with E-state index in [1.807, 2.05) is 0 Å². The Labute approximate surface area is 198 Å². The maximum Gasteiger partial charge on any atom is 0.303 e. The third-order valence-electron chi connectivity index (χ3n) is 6.12. The van der Waals surface area contributed by atoms with E-state index in [2.05, 4.69) is 5.32 Å². The van der Waals surface area contributed by atoms with Crippen molar-refractivity contribution in [1.82, 2.24) is 10.2 Å². The van der Waals surface area contributed by atoms with Gasteiger partial charge >= 0.3 is 5.97 Å². The molecule has 2 aromatic carbocycles. The molecule has 1 atom stereocenters. The largest absolute Gasteiger partial charge is 0.508 e. The number of piperidine rings is 1. The van der Waals surface area contributed by atoms with E-state index >= 15 is 0 Å². The molecule has 1 fully saturated rings. The molecule has 2 aromatic rings. The van der Waals surface area contributed by atoms with E-state index in [1.54, 1.807) is 53.4 Å². The van der Waals surface area contributed by atoms with E-state index < -0.39 is 11.9 Å². The van der Waals surface area contributed by atoms with Crippen molar-refractivity contribution >= 4 is 23.6 Å². The normalized spacial score (nSPS) is 14.9. The molecule has 180 valence electrons. The summed E-state index contributed by atoms with van der Waals surface area (Å²) >= 11 is 0. The number of carbonyl (C=O) groups excluding carboxylic acids is 2. The zero-order valence-electron chi connectivity index (χ0n) is 18.9. The number of nitrogens with two attached hydrogens (primary N) is 1. The second-order valence-electron chi connectivity index (χ2n) is 8.64. The summed E-state index contributed by atoms with van der Waals surface area (Å²) in [4.78, 5) is 38.7. The van der Waals surface area contributed by atoms with Gasteiger partial charge in [0.05, 0.1) is 5.92 Å². The topological polar surface area (TPSA) is 157 Å². The van der Waals surface area contributed by atoms with Crippen molar-refractivity contribution in [2.45, 2.75) is 25.7 Å². The van der Waals surface area contributed by atoms with Gasteiger partial charge in [-0.05, 0) is 55.0 Å². The van der Waals surface area contributed by atoms with Gasteiger partial charge in [-0.3, -0.25) is 19.8 Å². The van der Waals surface area contributed by atoms with Gasteiger partial charge in [0, 0.05) is 37.2 Å². The van der Waals surface area contributed by atoms with Crippen molar-refractivity contribution in [3.63, 3.8) is 0 Å². The van der Waals surface area contributed by atoms with Crippen LogP contribution in [0.15, 0.2) is 48.5 Å². The molecule has 0 saturated carbocycles. The Morgan fingerprint density at radius 2 is 1.62 bits per heavy atom. The molecule has 6 N–H and O–H groups in total. The van der Waals surface area contributed by atoms with E-state index in [0.717, 1.165) is 5.56 Å². The molecule has 1 aliphatic rings. The van der Waals surface area contributed by atoms with Crippen LogP contribution in [0.5, 0.6) is 5.75 Å². The minimum absolute atomic E-state index is 0.0646. The standard InChI is InChI=1S/C25H30N4O5/c26-23(27)18-3-5-19(6-4-18)24(33)28-15-20(13-16-1-7-21(30)8-2-16)25(34)29-11-9-17(10-12-29)14-22(31)32/h1-8,17,20,30H,9-15H2,(H3,26,27)(H,28,33)(H,31,32). The van der Waals surface area contributed by atoms with Crippen LogP contribution in [-0.2, 0) is 16.0 Å². The maximum atomic E-state index is 13.3. The zero-order chi connectivity index (χ0) is 24.7. The van der Waals surface area contributed by atoms with Gasteiger partial charge in [-0.1, -0.05) is 24.3 Å². The number of amides is 2. The van der Waals surface area contributed by atoms with Crippen LogP contribution < -0.4 is 11.1 Å². The van der Waals surface area contributed by atoms with Gasteiger partial charge in [0.25, 0.3) is 5.91 Å². The highest BCUT2D eigenvalue weighted by Gasteiger charge is 2.29. The molecule has 1 saturated heterocycles. The first-order valence-corrected chi connectivity index (χ1v) is 11.2. The number of carboxylic acids is 1. The molecule has 0 aliphatic carbocycles. The van der Waals surface area contributed by atoms with Crippen molar-refractivity contribution in [3.05, 3.63) is 65.2 Å². The summed E-state index contributed by atoms with van der Waals surface area (Å²) in [6.45, 7) is 1.11. The fraction of sp³-hybridized carbons (Fsp3) is 0.360. The molecule has 1 unspecified atom stereocenters. The number of rotatable bonds is 9. The number of nitrogens with zero attached hydrogens (tertiary/aromatic N) is 1. The molecule has 9 nitrogen and oxygen atoms in total. The Bertz CT molecular complexity index is 1030. The number of carboxylic acid groups (broad SMARTS) is 1. The number of aliphatic carboxylic acids is 1. The van der Waals surface area contributed by atoms with Crippen LogP contribution in [0.2, 0.25) is 0 Å². The highest BCUT2D eigenvalue weighted by Crippen LogP contribution is 2.23. The van der Waals surface area contributed by atoms with E-state index in [1.165, 1.54) is 0 Å². The average molecular weight is 467 g/mol. The number of amidine groups is 1. The molecular formula is C25H30N4O5. The van der Waals surface area contributed by atoms with E-state index in [-0.39, 0.29) is 42.3 Å². The predicted octanol–water partition coefficient (Wildman–Crippen LogP) is 1.98. The summed E-state index contributed by atoms with van der Waals surface area (Å²) in [7, 11) is 0. The highest BCUT2D eigenvalue weighted by atomic mass is 16.4. The first-order chi connectivity index (χ1) is 16.2. The van der Waals surface area contributed by atoms with Crippen molar-refractivity contribution in [1.29, 1.82) is 5.41 Å². The Morgan fingerprint density at radius 1 is 1.03 bits per heavy atom. The summed E-state index contributed by atoms with van der Waals surface area (Å²) in [5, 5.41) is 28.9. The van der Waals surface area contributed by atoms with Crippen LogP contribution in [0.4, 0.5) is 0 Å². The van der Waals surface area contributed by atoms with Gasteiger partial charge in [0.1, 0.15) is 11.6 Å². The molecule has 1 aliphatic heterocycles. The zero-order valence-corrected chi connectivity index (χ0v) is 18.9. The van der Waals surface area contributed by atoms with Gasteiger partial charge in [-0.15, -0.1) is 0 Å². The smallest absolute Gasteiger partial charge is 0.303 e. The number of nitrogens with one attached hydrogen (secondary N) is 2. The third-order valence-corrected chi connectivity index (χ3v) is 6.12. The van der Waals surface area contributed by atoms with Crippen LogP contribution in [-0.4, -0.2) is 58.4 Å². The first-order valence-electron chi connectivity index (χ1n) is 11.2. The van der Waals surface area contributed by atoms with E-state index in [4.69, 9.17) is 16.2 Å². The van der Waals surface area contributed by atoms with Crippen LogP contribution in [0.1, 0.15) is 40.7 Å². The predicted molar refractivity (Wildman–Crippen MR) is 127 cm³/mol. The van der Waals surface area contributed by atoms with E-state index in [0.29, 0.717) is 43.5 Å². The lowest BCUT2D eigenvalue weighted by molar-refractivity contribution is -0.139. The lowest BCUT2D eigenvalue weighted by atomic mass is 9.91. The highest BCUT2D eigenvalue weighted by molar-refractivity contribution is 5.98. The van der Waals surface area contributed by atoms with Crippen LogP contribution in [0.3, 0.4) is 0 Å². The SMILES string of the molecule is N=C(N)c1ccc(C(=O)NCC(Cc2ccc(O)cc2)C(=O)N2CCC(CC(=O)O)CC2)cc1. The second-order valence-corrected chi connectivity index (χ2v) is 8.64. The second kappa shape index (κ2) is 11.3. The molecule has 0 radical (unpaired) electrons. The molecule has 3 rings (SSSR count). The first kappa shape index (κ1) is 24.8. The van der Waals surface area contributed by atoms with Crippen molar-refractivity contribution in [2.75, 3.05) is 19.6 Å². The number of likely N-dealkylation sites (tertiary alicyclic amines) is 1. The van der Waals surface area contributed by atoms with Gasteiger partial charge in [-0.25, -0.2) is 0 Å². The third kappa shape index (κ3) is 6.81. The molecule has 34 heavy (non-hydrogen) atoms. The Morgan fingerprint density at radius 3 is 2.18 bits per heavy atom. The molecular weight excluding hydrogens is 436 g/mol. The Balaban J connectivity index is 1.67. The number of benzene rings is 2. The van der Waals surface area contributed by atoms with E-state index in [9.17, 15) is 19.5 Å². The lowest BCUT2D eigenvalue weighted by Gasteiger charge is -2.34. The van der Waals surface area contributed by atoms with Gasteiger partial charge in [-0.2, -0.15) is 0 Å². The summed E-state index contributed by atoms with van der Waals surface area (Å²) in [6.07, 6.45) is 1.77. The van der Waals surface area contributed by atoms with Crippen molar-refractivity contribution < 1.29 is 24.6 Å². The quantitative estimate of drug-likeness (QED) is 0.281. The summed E-state index contributed by atoms with van der Waals surface area (Å²) < 4.78 is 0. The monoisotopic (exact) mass is 466 g/mol. The van der Waals surface area contributed by atoms with Crippen molar-refractivity contribution in [2.24, 2.45) is 17.6 Å². The number of phenols is 1. The number of phenolic OH excluding ortho intramolecular Hbond substituents is 1. The molecule has 9 heteroatoms. The molecule has 1 heterocycles. The van der Waals surface area contributed by atoms with Crippen LogP contribution in [0, 0.1) is 17.2 Å². The number of hydrogen-bond acceptors (Lipinski definition) is 5. The fourth-order valence-corrected chi connectivity index (χ4v) is 4.15. The number of hydrogen-bond donors (Lipinski definition) is 5. The van der Waals surface area contributed by atoms with Gasteiger partial charge < -0.3 is 26.2 Å². The lowest BCUT2D eigenvalue weighted by Crippen LogP contribution is -2.46. The summed E-state index contributed by atoms with van der Waals surface area (Å²) in [6, 6.07) is 13.0. The molecule has 0 aromatic heterocycles. The molecule has 0 spiro atoms. The van der Waals surface area contributed by atoms with Crippen molar-refractivity contribution in [3.8, 4) is 5.75 Å². The van der Waals surface area contributed by atoms with Crippen LogP contribution in [0.25, 0.3) is 0 Å². The summed E-state index contributed by atoms with van der Waals surface area (Å²) in [5.74, 6) is -1.65.